The Kier molecular flexibility index (Phi) is 5.44. The number of carbonyl (C=O) groups excluding carboxylic acids is 1. The van der Waals surface area contributed by atoms with Gasteiger partial charge in [-0.3, -0.25) is 19.9 Å². The van der Waals surface area contributed by atoms with Gasteiger partial charge in [0.1, 0.15) is 0 Å². The Morgan fingerprint density at radius 2 is 1.84 bits per heavy atom. The lowest BCUT2D eigenvalue weighted by molar-refractivity contribution is -0.384. The van der Waals surface area contributed by atoms with Crippen molar-refractivity contribution in [2.24, 2.45) is 5.10 Å². The number of rotatable bonds is 5. The number of para-hydroxylation sites is 1. The van der Waals surface area contributed by atoms with Crippen LogP contribution < -0.4 is 5.43 Å². The van der Waals surface area contributed by atoms with E-state index in [0.717, 1.165) is 5.56 Å². The molecule has 2 aromatic heterocycles. The number of hydrogen-bond acceptors (Lipinski definition) is 6. The van der Waals surface area contributed by atoms with Crippen LogP contribution >= 0.6 is 0 Å². The number of hydrazone groups is 1. The summed E-state index contributed by atoms with van der Waals surface area (Å²) in [5, 5.41) is 15.7. The van der Waals surface area contributed by atoms with Gasteiger partial charge in [-0.15, -0.1) is 0 Å². The summed E-state index contributed by atoms with van der Waals surface area (Å²) in [5.41, 5.74) is 6.31. The van der Waals surface area contributed by atoms with Crippen molar-refractivity contribution in [3.05, 3.63) is 100 Å². The lowest BCUT2D eigenvalue weighted by Gasteiger charge is -2.09. The number of hydrogen-bond donors (Lipinski definition) is 1. The van der Waals surface area contributed by atoms with Crippen LogP contribution in [0.25, 0.3) is 22.2 Å². The number of nitrogens with zero attached hydrogens (tertiary/aromatic N) is 4. The molecule has 0 aliphatic carbocycles. The van der Waals surface area contributed by atoms with Crippen LogP contribution in [0.1, 0.15) is 22.8 Å². The molecule has 4 aromatic rings. The highest BCUT2D eigenvalue weighted by Crippen LogP contribution is 2.24. The molecular weight excluding hydrogens is 394 g/mol. The molecule has 8 nitrogen and oxygen atoms in total. The van der Waals surface area contributed by atoms with Crippen molar-refractivity contribution in [3.8, 4) is 11.3 Å². The average molecular weight is 411 g/mol. The number of benzene rings is 2. The van der Waals surface area contributed by atoms with Gasteiger partial charge in [0.15, 0.2) is 0 Å². The average Bonchev–Trinajstić information content (AvgIpc) is 2.82. The number of nitrogens with one attached hydrogen (secondary N) is 1. The molecule has 8 heteroatoms. The molecule has 0 fully saturated rings. The third-order valence-corrected chi connectivity index (χ3v) is 4.74. The Bertz CT molecular complexity index is 1300. The first kappa shape index (κ1) is 19.8. The second kappa shape index (κ2) is 8.50. The maximum absolute atomic E-state index is 13.0. The molecule has 4 rings (SSSR count). The molecule has 1 amide bonds. The van der Waals surface area contributed by atoms with Crippen LogP contribution in [0, 0.1) is 10.1 Å². The van der Waals surface area contributed by atoms with Crippen molar-refractivity contribution >= 4 is 28.2 Å². The number of nitro groups is 1. The topological polar surface area (TPSA) is 110 Å². The van der Waals surface area contributed by atoms with Gasteiger partial charge in [0.05, 0.1) is 27.4 Å². The van der Waals surface area contributed by atoms with Crippen LogP contribution in [0.15, 0.2) is 84.2 Å². The molecular formula is C23H17N5O3. The fraction of sp³-hybridized carbons (Fsp3) is 0.0435. The van der Waals surface area contributed by atoms with Gasteiger partial charge >= 0.3 is 0 Å². The Hall–Kier alpha value is -4.46. The highest BCUT2D eigenvalue weighted by molar-refractivity contribution is 6.08. The lowest BCUT2D eigenvalue weighted by Crippen LogP contribution is -2.20. The van der Waals surface area contributed by atoms with Gasteiger partial charge in [0, 0.05) is 35.5 Å². The SMILES string of the molecule is C/C(=N/NC(=O)c1cc(-c2cccnc2)nc2ccccc12)c1ccc([N+](=O)[O-])cc1. The molecule has 0 radical (unpaired) electrons. The standard InChI is InChI=1S/C23H17N5O3/c1-15(16-8-10-18(11-9-16)28(30)31)26-27-23(29)20-13-22(17-5-4-12-24-14-17)25-21-7-3-2-6-19(20)21/h2-14H,1H3,(H,27,29)/b26-15-. The van der Waals surface area contributed by atoms with Crippen LogP contribution in [-0.4, -0.2) is 26.5 Å². The van der Waals surface area contributed by atoms with Gasteiger partial charge in [0.2, 0.25) is 0 Å². The van der Waals surface area contributed by atoms with Crippen LogP contribution in [0.3, 0.4) is 0 Å². The fourth-order valence-electron chi connectivity index (χ4n) is 3.11. The molecule has 31 heavy (non-hydrogen) atoms. The highest BCUT2D eigenvalue weighted by Gasteiger charge is 2.14. The minimum absolute atomic E-state index is 0.00762. The zero-order chi connectivity index (χ0) is 21.8. The van der Waals surface area contributed by atoms with Crippen molar-refractivity contribution in [2.45, 2.75) is 6.92 Å². The Labute approximate surface area is 177 Å². The second-order valence-electron chi connectivity index (χ2n) is 6.76. The first-order valence-corrected chi connectivity index (χ1v) is 9.42. The first-order chi connectivity index (χ1) is 15.0. The molecule has 0 saturated heterocycles. The third-order valence-electron chi connectivity index (χ3n) is 4.74. The third kappa shape index (κ3) is 4.27. The number of amides is 1. The van der Waals surface area contributed by atoms with Gasteiger partial charge in [-0.2, -0.15) is 5.10 Å². The number of fused-ring (bicyclic) bond motifs is 1. The Morgan fingerprint density at radius 3 is 2.55 bits per heavy atom. The lowest BCUT2D eigenvalue weighted by atomic mass is 10.0. The van der Waals surface area contributed by atoms with Crippen molar-refractivity contribution in [3.63, 3.8) is 0 Å². The van der Waals surface area contributed by atoms with E-state index in [9.17, 15) is 14.9 Å². The fourth-order valence-corrected chi connectivity index (χ4v) is 3.11. The zero-order valence-corrected chi connectivity index (χ0v) is 16.5. The van der Waals surface area contributed by atoms with Crippen molar-refractivity contribution in [1.82, 2.24) is 15.4 Å². The molecule has 2 heterocycles. The van der Waals surface area contributed by atoms with Gasteiger partial charge in [-0.05, 0) is 48.9 Å². The summed E-state index contributed by atoms with van der Waals surface area (Å²) in [6.07, 6.45) is 3.36. The quantitative estimate of drug-likeness (QED) is 0.298. The number of pyridine rings is 2. The van der Waals surface area contributed by atoms with E-state index in [1.807, 2.05) is 36.4 Å². The zero-order valence-electron chi connectivity index (χ0n) is 16.5. The normalized spacial score (nSPS) is 11.3. The summed E-state index contributed by atoms with van der Waals surface area (Å²) in [6.45, 7) is 1.72. The summed E-state index contributed by atoms with van der Waals surface area (Å²) in [5.74, 6) is -0.384. The van der Waals surface area contributed by atoms with Crippen LogP contribution in [-0.2, 0) is 0 Å². The van der Waals surface area contributed by atoms with Gasteiger partial charge in [-0.25, -0.2) is 10.4 Å². The number of nitro benzene ring substituents is 1. The smallest absolute Gasteiger partial charge is 0.267 e. The molecule has 0 saturated carbocycles. The molecule has 0 spiro atoms. The van der Waals surface area contributed by atoms with Crippen LogP contribution in [0.5, 0.6) is 0 Å². The molecule has 0 unspecified atom stereocenters. The minimum atomic E-state index is -0.466. The minimum Gasteiger partial charge on any atom is -0.267 e. The largest absolute Gasteiger partial charge is 0.272 e. The summed E-state index contributed by atoms with van der Waals surface area (Å²) >= 11 is 0. The van der Waals surface area contributed by atoms with E-state index < -0.39 is 4.92 Å². The molecule has 0 bridgehead atoms. The number of carbonyl (C=O) groups is 1. The summed E-state index contributed by atoms with van der Waals surface area (Å²) in [6, 6.07) is 18.7. The first-order valence-electron chi connectivity index (χ1n) is 9.42. The molecule has 1 N–H and O–H groups in total. The van der Waals surface area contributed by atoms with Crippen LogP contribution in [0.4, 0.5) is 5.69 Å². The van der Waals surface area contributed by atoms with Gasteiger partial charge in [-0.1, -0.05) is 18.2 Å². The van der Waals surface area contributed by atoms with Gasteiger partial charge in [0.25, 0.3) is 11.6 Å². The molecule has 0 atom stereocenters. The van der Waals surface area contributed by atoms with E-state index >= 15 is 0 Å². The molecule has 0 aliphatic rings. The second-order valence-corrected chi connectivity index (χ2v) is 6.76. The van der Waals surface area contributed by atoms with E-state index in [1.54, 1.807) is 37.5 Å². The number of non-ortho nitro benzene ring substituents is 1. The van der Waals surface area contributed by atoms with E-state index in [2.05, 4.69) is 20.5 Å². The molecule has 152 valence electrons. The summed E-state index contributed by atoms with van der Waals surface area (Å²) in [4.78, 5) is 32.1. The predicted molar refractivity (Wildman–Crippen MR) is 118 cm³/mol. The van der Waals surface area contributed by atoms with Crippen LogP contribution in [0.2, 0.25) is 0 Å². The predicted octanol–water partition coefficient (Wildman–Crippen LogP) is 4.36. The van der Waals surface area contributed by atoms with Crippen molar-refractivity contribution in [1.29, 1.82) is 0 Å². The maximum atomic E-state index is 13.0. The Balaban J connectivity index is 1.65. The summed E-state index contributed by atoms with van der Waals surface area (Å²) in [7, 11) is 0. The van der Waals surface area contributed by atoms with E-state index in [0.29, 0.717) is 33.4 Å². The monoisotopic (exact) mass is 411 g/mol. The Morgan fingerprint density at radius 1 is 1.06 bits per heavy atom. The number of aromatic nitrogens is 2. The van der Waals surface area contributed by atoms with E-state index in [1.165, 1.54) is 12.1 Å². The molecule has 2 aromatic carbocycles. The van der Waals surface area contributed by atoms with Crippen molar-refractivity contribution in [2.75, 3.05) is 0 Å². The highest BCUT2D eigenvalue weighted by atomic mass is 16.6. The summed E-state index contributed by atoms with van der Waals surface area (Å²) < 4.78 is 0. The van der Waals surface area contributed by atoms with Crippen molar-refractivity contribution < 1.29 is 9.72 Å². The maximum Gasteiger partial charge on any atom is 0.272 e. The van der Waals surface area contributed by atoms with E-state index in [-0.39, 0.29) is 11.6 Å². The van der Waals surface area contributed by atoms with E-state index in [4.69, 9.17) is 0 Å². The van der Waals surface area contributed by atoms with Gasteiger partial charge < -0.3 is 0 Å². The molecule has 0 aliphatic heterocycles.